The van der Waals surface area contributed by atoms with E-state index in [0.717, 1.165) is 34.6 Å². The first kappa shape index (κ1) is 32.8. The molecule has 44 heavy (non-hydrogen) atoms. The average Bonchev–Trinajstić information content (AvgIpc) is 3.38. The van der Waals surface area contributed by atoms with Crippen molar-refractivity contribution in [1.29, 1.82) is 0 Å². The highest BCUT2D eigenvalue weighted by Crippen LogP contribution is 2.25. The fraction of sp³-hybridized carbons (Fsp3) is 0.133. The lowest BCUT2D eigenvalue weighted by Crippen LogP contribution is -2.23. The molecule has 0 aliphatic heterocycles. The van der Waals surface area contributed by atoms with Gasteiger partial charge in [-0.1, -0.05) is 53.8 Å². The number of aryl methyl sites for hydroxylation is 2. The predicted octanol–water partition coefficient (Wildman–Crippen LogP) is 5.35. The second kappa shape index (κ2) is 16.6. The summed E-state index contributed by atoms with van der Waals surface area (Å²) in [4.78, 5) is 52.1. The minimum absolute atomic E-state index is 0.264. The second-order valence-electron chi connectivity index (χ2n) is 8.94. The Morgan fingerprint density at radius 3 is 2.14 bits per heavy atom. The molecule has 1 heterocycles. The number of para-hydroxylation sites is 1. The number of benzene rings is 3. The molecule has 0 bridgehead atoms. The van der Waals surface area contributed by atoms with Gasteiger partial charge >= 0.3 is 12.2 Å². The standard InChI is InChI=1S/C29H27N5O5S.CH3NO2/c1-19(35)33-28-34-25(16-11-20-7-12-22(13-8-20)31-18-32-29(37)38)26(40-28)27(36)30-17-21-9-14-24(15-10-21)39-23-5-3-2-4-6-23;2-1(3)4/h2-10,12-15,18H,11,16-17H2,1H3,(H,30,36)(H,31,32)(H,37,38)(H,33,34,35);2H2,(H,3,4). The first-order chi connectivity index (χ1) is 21.1. The van der Waals surface area contributed by atoms with Crippen LogP contribution in [0.5, 0.6) is 11.5 Å². The Labute approximate surface area is 256 Å². The molecule has 13 nitrogen and oxygen atoms in total. The van der Waals surface area contributed by atoms with Crippen molar-refractivity contribution < 1.29 is 34.1 Å². The number of nitrogens with zero attached hydrogens (tertiary/aromatic N) is 2. The molecule has 0 radical (unpaired) electrons. The van der Waals surface area contributed by atoms with Crippen molar-refractivity contribution in [3.63, 3.8) is 0 Å². The lowest BCUT2D eigenvalue weighted by Gasteiger charge is -2.08. The summed E-state index contributed by atoms with van der Waals surface area (Å²) in [6, 6.07) is 24.3. The van der Waals surface area contributed by atoms with Crippen LogP contribution in [-0.2, 0) is 24.2 Å². The fourth-order valence-corrected chi connectivity index (χ4v) is 4.63. The van der Waals surface area contributed by atoms with Gasteiger partial charge in [-0.15, -0.1) is 0 Å². The molecule has 0 aliphatic rings. The van der Waals surface area contributed by atoms with Gasteiger partial charge in [-0.3, -0.25) is 9.59 Å². The molecule has 4 amide bonds. The van der Waals surface area contributed by atoms with Gasteiger partial charge in [0, 0.05) is 19.2 Å². The molecule has 0 saturated heterocycles. The number of nitrogens with one attached hydrogen (secondary N) is 3. The number of carboxylic acid groups (broad SMARTS) is 2. The molecular formula is C30H30N6O7S. The van der Waals surface area contributed by atoms with Crippen molar-refractivity contribution in [3.05, 3.63) is 101 Å². The summed E-state index contributed by atoms with van der Waals surface area (Å²) >= 11 is 1.14. The Kier molecular flexibility index (Phi) is 12.4. The van der Waals surface area contributed by atoms with E-state index in [1.165, 1.54) is 6.92 Å². The zero-order valence-corrected chi connectivity index (χ0v) is 24.3. The number of hydrogen-bond acceptors (Lipinski definition) is 7. The average molecular weight is 619 g/mol. The molecule has 228 valence electrons. The van der Waals surface area contributed by atoms with Gasteiger partial charge in [0.15, 0.2) is 5.13 Å². The lowest BCUT2D eigenvalue weighted by atomic mass is 10.1. The van der Waals surface area contributed by atoms with Gasteiger partial charge in [0.25, 0.3) is 5.91 Å². The van der Waals surface area contributed by atoms with Crippen LogP contribution in [0, 0.1) is 0 Å². The number of aromatic nitrogens is 1. The summed E-state index contributed by atoms with van der Waals surface area (Å²) in [7, 11) is 0. The number of anilines is 2. The third-order valence-electron chi connectivity index (χ3n) is 5.55. The predicted molar refractivity (Wildman–Crippen MR) is 167 cm³/mol. The summed E-state index contributed by atoms with van der Waals surface area (Å²) in [6.45, 7) is 1.71. The van der Waals surface area contributed by atoms with Gasteiger partial charge in [-0.25, -0.2) is 14.6 Å². The summed E-state index contributed by atoms with van der Waals surface area (Å²) in [5.74, 6) is 0.905. The Morgan fingerprint density at radius 1 is 0.909 bits per heavy atom. The van der Waals surface area contributed by atoms with Gasteiger partial charge in [0.1, 0.15) is 16.4 Å². The van der Waals surface area contributed by atoms with Gasteiger partial charge in [0.2, 0.25) is 5.91 Å². The van der Waals surface area contributed by atoms with Crippen LogP contribution in [0.4, 0.5) is 20.4 Å². The topological polar surface area (TPSA) is 205 Å². The van der Waals surface area contributed by atoms with Crippen LogP contribution < -0.4 is 26.4 Å². The number of amides is 4. The van der Waals surface area contributed by atoms with E-state index in [4.69, 9.17) is 19.7 Å². The van der Waals surface area contributed by atoms with Crippen LogP contribution in [-0.4, -0.2) is 45.5 Å². The highest BCUT2D eigenvalue weighted by molar-refractivity contribution is 7.17. The maximum Gasteiger partial charge on any atom is 0.432 e. The third-order valence-corrected chi connectivity index (χ3v) is 6.56. The van der Waals surface area contributed by atoms with Crippen LogP contribution in [0.25, 0.3) is 0 Å². The monoisotopic (exact) mass is 618 g/mol. The number of aliphatic imine (C=N–C) groups is 1. The highest BCUT2D eigenvalue weighted by Gasteiger charge is 2.19. The molecule has 4 aromatic rings. The number of rotatable bonds is 11. The maximum absolute atomic E-state index is 13.1. The molecule has 0 aliphatic carbocycles. The number of carbonyl (C=O) groups excluding carboxylic acids is 2. The van der Waals surface area contributed by atoms with Crippen LogP contribution in [0.2, 0.25) is 0 Å². The van der Waals surface area contributed by atoms with Crippen molar-refractivity contribution in [1.82, 2.24) is 10.3 Å². The van der Waals surface area contributed by atoms with Crippen molar-refractivity contribution >= 4 is 52.5 Å². The Bertz CT molecular complexity index is 1590. The molecule has 4 rings (SSSR count). The number of nitrogens with two attached hydrogens (primary N) is 1. The molecule has 14 heteroatoms. The minimum atomic E-state index is -1.33. The molecule has 3 aromatic carbocycles. The van der Waals surface area contributed by atoms with Gasteiger partial charge in [-0.05, 0) is 60.4 Å². The molecule has 0 unspecified atom stereocenters. The van der Waals surface area contributed by atoms with Crippen molar-refractivity contribution in [2.75, 3.05) is 10.6 Å². The number of ether oxygens (including phenoxy) is 1. The van der Waals surface area contributed by atoms with Crippen molar-refractivity contribution in [2.45, 2.75) is 26.3 Å². The molecule has 1 aromatic heterocycles. The van der Waals surface area contributed by atoms with Gasteiger partial charge in [0.05, 0.1) is 12.0 Å². The van der Waals surface area contributed by atoms with Crippen LogP contribution >= 0.6 is 11.3 Å². The molecule has 0 atom stereocenters. The molecular weight excluding hydrogens is 588 g/mol. The number of carbonyl (C=O) groups is 4. The number of thiazole rings is 1. The van der Waals surface area contributed by atoms with E-state index < -0.39 is 12.2 Å². The Hall–Kier alpha value is -5.76. The van der Waals surface area contributed by atoms with Crippen LogP contribution in [0.1, 0.15) is 33.4 Å². The summed E-state index contributed by atoms with van der Waals surface area (Å²) < 4.78 is 5.82. The van der Waals surface area contributed by atoms with E-state index >= 15 is 0 Å². The third kappa shape index (κ3) is 11.6. The lowest BCUT2D eigenvalue weighted by molar-refractivity contribution is -0.114. The zero-order chi connectivity index (χ0) is 31.9. The van der Waals surface area contributed by atoms with E-state index in [-0.39, 0.29) is 11.8 Å². The summed E-state index contributed by atoms with van der Waals surface area (Å²) in [6.07, 6.45) is -0.418. The first-order valence-electron chi connectivity index (χ1n) is 13.1. The zero-order valence-electron chi connectivity index (χ0n) is 23.5. The van der Waals surface area contributed by atoms with Crippen LogP contribution in [0.15, 0.2) is 83.9 Å². The van der Waals surface area contributed by atoms with Crippen LogP contribution in [0.3, 0.4) is 0 Å². The van der Waals surface area contributed by atoms with E-state index in [1.54, 1.807) is 12.1 Å². The maximum atomic E-state index is 13.1. The summed E-state index contributed by atoms with van der Waals surface area (Å²) in [5.41, 5.74) is 7.21. The molecule has 7 N–H and O–H groups in total. The smallest absolute Gasteiger partial charge is 0.432 e. The van der Waals surface area contributed by atoms with E-state index in [2.05, 4.69) is 31.7 Å². The van der Waals surface area contributed by atoms with E-state index in [1.807, 2.05) is 66.7 Å². The second-order valence-corrected chi connectivity index (χ2v) is 9.94. The molecule has 0 saturated carbocycles. The van der Waals surface area contributed by atoms with E-state index in [0.29, 0.717) is 46.5 Å². The van der Waals surface area contributed by atoms with Gasteiger partial charge < -0.3 is 36.6 Å². The van der Waals surface area contributed by atoms with Gasteiger partial charge in [-0.2, -0.15) is 4.99 Å². The Balaban J connectivity index is 0.00000124. The Morgan fingerprint density at radius 2 is 1.52 bits per heavy atom. The van der Waals surface area contributed by atoms with Crippen molar-refractivity contribution in [3.8, 4) is 11.5 Å². The summed E-state index contributed by atoms with van der Waals surface area (Å²) in [5, 5.41) is 24.5. The molecule has 0 spiro atoms. The largest absolute Gasteiger partial charge is 0.465 e. The molecule has 0 fully saturated rings. The van der Waals surface area contributed by atoms with E-state index in [9.17, 15) is 14.4 Å². The highest BCUT2D eigenvalue weighted by atomic mass is 32.1. The minimum Gasteiger partial charge on any atom is -0.465 e. The SMILES string of the molecule is CC(=O)Nc1nc(CCc2ccc(NC=NC(=O)O)cc2)c(C(=O)NCc2ccc(Oc3ccccc3)cc2)s1.NC(=O)O. The van der Waals surface area contributed by atoms with Crippen molar-refractivity contribution in [2.24, 2.45) is 10.7 Å². The number of hydrogen-bond donors (Lipinski definition) is 6. The first-order valence-corrected chi connectivity index (χ1v) is 13.9. The fourth-order valence-electron chi connectivity index (χ4n) is 3.66. The normalized spacial score (nSPS) is 10.3. The number of primary amides is 1. The quantitative estimate of drug-likeness (QED) is 0.0945.